The summed E-state index contributed by atoms with van der Waals surface area (Å²) in [7, 11) is 0. The van der Waals surface area contributed by atoms with E-state index in [4.69, 9.17) is 23.7 Å². The smallest absolute Gasteiger partial charge is 0.303 e. The highest BCUT2D eigenvalue weighted by Crippen LogP contribution is 2.38. The Morgan fingerprint density at radius 1 is 0.814 bits per heavy atom. The van der Waals surface area contributed by atoms with Crippen LogP contribution in [0.4, 0.5) is 0 Å². The zero-order valence-electron chi connectivity index (χ0n) is 23.8. The standard InChI is InChI=1S/C29H30N4O9S/c1-17(34)38-16-23-24(39-18(2)35)25(40-19(3)36)26(41-20(4)37)28(42-23)43-29-32-31-27(22-13-9-6-10-14-22)33(29)30-15-21-11-7-5-8-12-21/h5-15,23-26,28H,16H2,1-4H3/b30-15+/t23-,24-,25+,26-,28+/m1/s1. The van der Waals surface area contributed by atoms with Gasteiger partial charge in [-0.05, 0) is 17.3 Å². The van der Waals surface area contributed by atoms with Gasteiger partial charge < -0.3 is 23.7 Å². The number of ether oxygens (including phenoxy) is 5. The van der Waals surface area contributed by atoms with Crippen molar-refractivity contribution in [3.63, 3.8) is 0 Å². The molecule has 0 aliphatic carbocycles. The van der Waals surface area contributed by atoms with Gasteiger partial charge in [-0.25, -0.2) is 0 Å². The lowest BCUT2D eigenvalue weighted by Crippen LogP contribution is -2.61. The van der Waals surface area contributed by atoms with E-state index in [-0.39, 0.29) is 11.8 Å². The molecule has 1 aliphatic rings. The minimum atomic E-state index is -1.31. The molecular formula is C29H30N4O9S. The number of rotatable bonds is 10. The molecule has 0 bridgehead atoms. The van der Waals surface area contributed by atoms with E-state index in [0.717, 1.165) is 36.7 Å². The average molecular weight is 611 g/mol. The Labute approximate surface area is 251 Å². The lowest BCUT2D eigenvalue weighted by atomic mass is 9.99. The first kappa shape index (κ1) is 31.4. The molecule has 0 amide bonds. The molecule has 3 aromatic rings. The molecule has 1 fully saturated rings. The zero-order chi connectivity index (χ0) is 30.9. The highest BCUT2D eigenvalue weighted by Gasteiger charge is 2.53. The number of nitrogens with zero attached hydrogens (tertiary/aromatic N) is 4. The summed E-state index contributed by atoms with van der Waals surface area (Å²) in [5.41, 5.74) is 0.450. The molecule has 0 radical (unpaired) electrons. The van der Waals surface area contributed by atoms with Crippen molar-refractivity contribution in [3.8, 4) is 11.4 Å². The third-order valence-electron chi connectivity index (χ3n) is 5.94. The first-order valence-electron chi connectivity index (χ1n) is 13.2. The molecule has 226 valence electrons. The highest BCUT2D eigenvalue weighted by atomic mass is 32.2. The van der Waals surface area contributed by atoms with Crippen LogP contribution >= 0.6 is 11.8 Å². The molecule has 0 unspecified atom stereocenters. The molecule has 0 N–H and O–H groups in total. The van der Waals surface area contributed by atoms with Crippen molar-refractivity contribution in [1.29, 1.82) is 0 Å². The quantitative estimate of drug-likeness (QED) is 0.188. The van der Waals surface area contributed by atoms with E-state index in [1.807, 2.05) is 60.7 Å². The molecule has 2 aromatic carbocycles. The molecule has 14 heteroatoms. The summed E-state index contributed by atoms with van der Waals surface area (Å²) < 4.78 is 29.4. The van der Waals surface area contributed by atoms with E-state index in [9.17, 15) is 19.2 Å². The van der Waals surface area contributed by atoms with E-state index in [1.165, 1.54) is 18.5 Å². The zero-order valence-corrected chi connectivity index (χ0v) is 24.6. The van der Waals surface area contributed by atoms with Crippen LogP contribution in [0.3, 0.4) is 0 Å². The normalized spacial score (nSPS) is 21.6. The van der Waals surface area contributed by atoms with E-state index in [0.29, 0.717) is 5.82 Å². The Morgan fingerprint density at radius 3 is 2.00 bits per heavy atom. The van der Waals surface area contributed by atoms with Crippen LogP contribution in [0.5, 0.6) is 0 Å². The molecule has 13 nitrogen and oxygen atoms in total. The Bertz CT molecular complexity index is 1470. The number of aromatic nitrogens is 3. The van der Waals surface area contributed by atoms with Gasteiger partial charge >= 0.3 is 23.9 Å². The van der Waals surface area contributed by atoms with Gasteiger partial charge in [-0.3, -0.25) is 19.2 Å². The minimum absolute atomic E-state index is 0.243. The predicted octanol–water partition coefficient (Wildman–Crippen LogP) is 3.00. The number of carbonyl (C=O) groups excluding carboxylic acids is 4. The van der Waals surface area contributed by atoms with Gasteiger partial charge in [-0.2, -0.15) is 9.78 Å². The molecule has 0 saturated carbocycles. The van der Waals surface area contributed by atoms with Crippen LogP contribution in [0.15, 0.2) is 70.9 Å². The summed E-state index contributed by atoms with van der Waals surface area (Å²) in [5, 5.41) is 13.5. The summed E-state index contributed by atoms with van der Waals surface area (Å²) in [5.74, 6) is -2.33. The summed E-state index contributed by atoms with van der Waals surface area (Å²) in [6.45, 7) is 4.37. The van der Waals surface area contributed by atoms with E-state index in [2.05, 4.69) is 15.3 Å². The number of benzene rings is 2. The van der Waals surface area contributed by atoms with Gasteiger partial charge in [0.25, 0.3) is 0 Å². The topological polar surface area (TPSA) is 158 Å². The number of carbonyl (C=O) groups is 4. The Balaban J connectivity index is 1.77. The molecule has 1 aliphatic heterocycles. The Kier molecular flexibility index (Phi) is 10.6. The third-order valence-corrected chi connectivity index (χ3v) is 7.01. The second-order valence-electron chi connectivity index (χ2n) is 9.32. The van der Waals surface area contributed by atoms with Crippen LogP contribution in [-0.4, -0.2) is 81.4 Å². The first-order chi connectivity index (χ1) is 20.6. The predicted molar refractivity (Wildman–Crippen MR) is 153 cm³/mol. The second kappa shape index (κ2) is 14.6. The molecule has 0 spiro atoms. The number of esters is 4. The number of hydrogen-bond donors (Lipinski definition) is 0. The van der Waals surface area contributed by atoms with Gasteiger partial charge in [0, 0.05) is 33.3 Å². The Morgan fingerprint density at radius 2 is 1.40 bits per heavy atom. The summed E-state index contributed by atoms with van der Waals surface area (Å²) in [6, 6.07) is 18.6. The maximum Gasteiger partial charge on any atom is 0.303 e. The van der Waals surface area contributed by atoms with E-state index >= 15 is 0 Å². The average Bonchev–Trinajstić information content (AvgIpc) is 3.36. The van der Waals surface area contributed by atoms with Gasteiger partial charge in [0.05, 0.1) is 6.21 Å². The summed E-state index contributed by atoms with van der Waals surface area (Å²) in [4.78, 5) is 48.1. The lowest BCUT2D eigenvalue weighted by molar-refractivity contribution is -0.237. The van der Waals surface area contributed by atoms with E-state index in [1.54, 1.807) is 6.21 Å². The van der Waals surface area contributed by atoms with Crippen molar-refractivity contribution >= 4 is 41.9 Å². The van der Waals surface area contributed by atoms with Crippen LogP contribution in [0.2, 0.25) is 0 Å². The molecular weight excluding hydrogens is 580 g/mol. The van der Waals surface area contributed by atoms with Crippen LogP contribution in [-0.2, 0) is 42.9 Å². The fourth-order valence-electron chi connectivity index (χ4n) is 4.26. The molecule has 43 heavy (non-hydrogen) atoms. The number of thioether (sulfide) groups is 1. The molecule has 1 aromatic heterocycles. The van der Waals surface area contributed by atoms with Crippen LogP contribution < -0.4 is 0 Å². The van der Waals surface area contributed by atoms with Crippen LogP contribution in [0.25, 0.3) is 11.4 Å². The fraction of sp³-hybridized carbons (Fsp3) is 0.345. The van der Waals surface area contributed by atoms with Crippen molar-refractivity contribution in [2.45, 2.75) is 62.7 Å². The van der Waals surface area contributed by atoms with Gasteiger partial charge in [0.1, 0.15) is 12.7 Å². The SMILES string of the molecule is CC(=O)OC[C@H]1O[C@@H](Sc2nnc(-c3ccccc3)n2/N=C/c2ccccc2)[C@H](OC(C)=O)[C@@H](OC(C)=O)[C@@H]1OC(C)=O. The Hall–Kier alpha value is -4.56. The highest BCUT2D eigenvalue weighted by molar-refractivity contribution is 7.99. The molecule has 5 atom stereocenters. The maximum absolute atomic E-state index is 12.2. The van der Waals surface area contributed by atoms with E-state index < -0.39 is 53.7 Å². The number of hydrogen-bond acceptors (Lipinski definition) is 13. The molecule has 1 saturated heterocycles. The molecule has 2 heterocycles. The maximum atomic E-state index is 12.2. The van der Waals surface area contributed by atoms with Crippen molar-refractivity contribution < 1.29 is 42.9 Å². The van der Waals surface area contributed by atoms with Crippen molar-refractivity contribution in [2.24, 2.45) is 5.10 Å². The van der Waals surface area contributed by atoms with Gasteiger partial charge in [-0.15, -0.1) is 10.2 Å². The van der Waals surface area contributed by atoms with Gasteiger partial charge in [0.2, 0.25) is 5.16 Å². The minimum Gasteiger partial charge on any atom is -0.463 e. The third kappa shape index (κ3) is 8.49. The lowest BCUT2D eigenvalue weighted by Gasteiger charge is -2.43. The van der Waals surface area contributed by atoms with Crippen molar-refractivity contribution in [2.75, 3.05) is 6.61 Å². The summed E-state index contributed by atoms with van der Waals surface area (Å²) >= 11 is 0.986. The monoisotopic (exact) mass is 610 g/mol. The van der Waals surface area contributed by atoms with Gasteiger partial charge in [-0.1, -0.05) is 60.7 Å². The fourth-order valence-corrected chi connectivity index (χ4v) is 5.33. The summed E-state index contributed by atoms with van der Waals surface area (Å²) in [6.07, 6.45) is -3.31. The first-order valence-corrected chi connectivity index (χ1v) is 14.1. The second-order valence-corrected chi connectivity index (χ2v) is 10.4. The molecule has 4 rings (SSSR count). The van der Waals surface area contributed by atoms with Crippen molar-refractivity contribution in [3.05, 3.63) is 66.2 Å². The largest absolute Gasteiger partial charge is 0.463 e. The van der Waals surface area contributed by atoms with Gasteiger partial charge in [0.15, 0.2) is 29.6 Å². The van der Waals surface area contributed by atoms with Crippen molar-refractivity contribution in [1.82, 2.24) is 14.9 Å². The van der Waals surface area contributed by atoms with Crippen LogP contribution in [0, 0.1) is 0 Å². The van der Waals surface area contributed by atoms with Crippen LogP contribution in [0.1, 0.15) is 33.3 Å².